The molecule has 7 heteroatoms. The zero-order chi connectivity index (χ0) is 21.4. The fraction of sp³-hybridized carbons (Fsp3) is 0.273. The molecule has 5 nitrogen and oxygen atoms in total. The van der Waals surface area contributed by atoms with Crippen molar-refractivity contribution in [3.63, 3.8) is 0 Å². The van der Waals surface area contributed by atoms with Crippen LogP contribution in [-0.4, -0.2) is 18.6 Å². The standard InChI is InChI=1S/C22H22Cl2N2O3/c1-4-28-20-11-15(9-17(12-25)22(27)26-14(2)3)10-19(24)21(20)29-13-16-7-5-6-8-18(16)23/h5-11,14H,4,13H2,1-3H3,(H,26,27)/b17-9-. The molecule has 0 unspecified atom stereocenters. The van der Waals surface area contributed by atoms with E-state index in [1.165, 1.54) is 6.08 Å². The highest BCUT2D eigenvalue weighted by atomic mass is 35.5. The summed E-state index contributed by atoms with van der Waals surface area (Å²) in [5.41, 5.74) is 1.34. The SMILES string of the molecule is CCOc1cc(/C=C(/C#N)C(=O)NC(C)C)cc(Cl)c1OCc1ccccc1Cl. The van der Waals surface area contributed by atoms with Crippen molar-refractivity contribution in [1.29, 1.82) is 5.26 Å². The average molecular weight is 433 g/mol. The first-order chi connectivity index (χ1) is 13.8. The van der Waals surface area contributed by atoms with Gasteiger partial charge in [-0.25, -0.2) is 0 Å². The summed E-state index contributed by atoms with van der Waals surface area (Å²) in [6.07, 6.45) is 1.46. The second kappa shape index (κ2) is 10.8. The Morgan fingerprint density at radius 2 is 1.93 bits per heavy atom. The number of amides is 1. The molecule has 0 radical (unpaired) electrons. The molecular weight excluding hydrogens is 411 g/mol. The number of nitrogens with zero attached hydrogens (tertiary/aromatic N) is 1. The Labute approximate surface area is 180 Å². The third-order valence-electron chi connectivity index (χ3n) is 3.76. The van der Waals surface area contributed by atoms with Gasteiger partial charge in [0.15, 0.2) is 11.5 Å². The molecule has 1 N–H and O–H groups in total. The number of ether oxygens (including phenoxy) is 2. The number of nitriles is 1. The first kappa shape index (κ1) is 22.6. The summed E-state index contributed by atoms with van der Waals surface area (Å²) in [4.78, 5) is 12.1. The van der Waals surface area contributed by atoms with Crippen LogP contribution in [0.5, 0.6) is 11.5 Å². The van der Waals surface area contributed by atoms with Gasteiger partial charge in [-0.3, -0.25) is 4.79 Å². The fourth-order valence-corrected chi connectivity index (χ4v) is 2.96. The molecule has 0 bridgehead atoms. The predicted octanol–water partition coefficient (Wildman–Crippen LogP) is 5.40. The zero-order valence-corrected chi connectivity index (χ0v) is 18.0. The normalized spacial score (nSPS) is 11.1. The third-order valence-corrected chi connectivity index (χ3v) is 4.41. The van der Waals surface area contributed by atoms with Crippen molar-refractivity contribution in [2.45, 2.75) is 33.4 Å². The lowest BCUT2D eigenvalue weighted by Crippen LogP contribution is -2.30. The van der Waals surface area contributed by atoms with Crippen LogP contribution in [0.15, 0.2) is 42.0 Å². The van der Waals surface area contributed by atoms with Crippen LogP contribution in [0.1, 0.15) is 31.9 Å². The van der Waals surface area contributed by atoms with Crippen LogP contribution in [0, 0.1) is 11.3 Å². The average Bonchev–Trinajstić information content (AvgIpc) is 2.66. The van der Waals surface area contributed by atoms with Gasteiger partial charge in [0.05, 0.1) is 11.6 Å². The van der Waals surface area contributed by atoms with E-state index in [-0.39, 0.29) is 18.2 Å². The molecule has 0 aliphatic heterocycles. The van der Waals surface area contributed by atoms with Gasteiger partial charge in [-0.15, -0.1) is 0 Å². The second-order valence-corrected chi connectivity index (χ2v) is 7.26. The largest absolute Gasteiger partial charge is 0.490 e. The van der Waals surface area contributed by atoms with Gasteiger partial charge in [0, 0.05) is 16.6 Å². The third kappa shape index (κ3) is 6.42. The number of carbonyl (C=O) groups excluding carboxylic acids is 1. The van der Waals surface area contributed by atoms with Crippen molar-refractivity contribution in [2.75, 3.05) is 6.61 Å². The Morgan fingerprint density at radius 3 is 2.55 bits per heavy atom. The van der Waals surface area contributed by atoms with Crippen LogP contribution >= 0.6 is 23.2 Å². The minimum absolute atomic E-state index is 0.0260. The minimum Gasteiger partial charge on any atom is -0.490 e. The van der Waals surface area contributed by atoms with E-state index in [0.717, 1.165) is 5.56 Å². The summed E-state index contributed by atoms with van der Waals surface area (Å²) < 4.78 is 11.5. The van der Waals surface area contributed by atoms with Crippen molar-refractivity contribution in [1.82, 2.24) is 5.32 Å². The van der Waals surface area contributed by atoms with E-state index in [9.17, 15) is 10.1 Å². The molecule has 0 saturated carbocycles. The molecule has 0 fully saturated rings. The van der Waals surface area contributed by atoms with E-state index in [4.69, 9.17) is 32.7 Å². The van der Waals surface area contributed by atoms with Gasteiger partial charge >= 0.3 is 0 Å². The fourth-order valence-electron chi connectivity index (χ4n) is 2.49. The summed E-state index contributed by atoms with van der Waals surface area (Å²) in [7, 11) is 0. The van der Waals surface area contributed by atoms with Crippen LogP contribution in [0.25, 0.3) is 6.08 Å². The van der Waals surface area contributed by atoms with Crippen molar-refractivity contribution in [3.8, 4) is 17.6 Å². The molecule has 2 aromatic carbocycles. The molecule has 0 aliphatic carbocycles. The quantitative estimate of drug-likeness (QED) is 0.447. The molecule has 0 spiro atoms. The summed E-state index contributed by atoms with van der Waals surface area (Å²) in [6.45, 7) is 6.09. The minimum atomic E-state index is -0.448. The first-order valence-corrected chi connectivity index (χ1v) is 9.86. The number of benzene rings is 2. The Morgan fingerprint density at radius 1 is 1.21 bits per heavy atom. The van der Waals surface area contributed by atoms with Crippen molar-refractivity contribution in [3.05, 3.63) is 63.1 Å². The highest BCUT2D eigenvalue weighted by Crippen LogP contribution is 2.38. The number of hydrogen-bond donors (Lipinski definition) is 1. The van der Waals surface area contributed by atoms with Gasteiger partial charge < -0.3 is 14.8 Å². The van der Waals surface area contributed by atoms with Gasteiger partial charge in [-0.2, -0.15) is 5.26 Å². The van der Waals surface area contributed by atoms with Crippen molar-refractivity contribution in [2.24, 2.45) is 0 Å². The molecule has 0 aromatic heterocycles. The molecule has 0 saturated heterocycles. The highest BCUT2D eigenvalue weighted by molar-refractivity contribution is 6.32. The molecule has 2 aromatic rings. The summed E-state index contributed by atoms with van der Waals surface area (Å²) in [5, 5.41) is 12.9. The monoisotopic (exact) mass is 432 g/mol. The van der Waals surface area contributed by atoms with E-state index in [2.05, 4.69) is 5.32 Å². The first-order valence-electron chi connectivity index (χ1n) is 9.10. The zero-order valence-electron chi connectivity index (χ0n) is 16.5. The Hall–Kier alpha value is -2.68. The van der Waals surface area contributed by atoms with E-state index in [0.29, 0.717) is 33.7 Å². The highest BCUT2D eigenvalue weighted by Gasteiger charge is 2.15. The van der Waals surface area contributed by atoms with Crippen LogP contribution < -0.4 is 14.8 Å². The van der Waals surface area contributed by atoms with E-state index < -0.39 is 5.91 Å². The lowest BCUT2D eigenvalue weighted by atomic mass is 10.1. The number of nitrogens with one attached hydrogen (secondary N) is 1. The molecule has 29 heavy (non-hydrogen) atoms. The van der Waals surface area contributed by atoms with Crippen LogP contribution in [0.3, 0.4) is 0 Å². The van der Waals surface area contributed by atoms with Crippen LogP contribution in [0.2, 0.25) is 10.0 Å². The maximum absolute atomic E-state index is 12.1. The molecule has 0 atom stereocenters. The van der Waals surface area contributed by atoms with Gasteiger partial charge in [-0.1, -0.05) is 41.4 Å². The number of hydrogen-bond acceptors (Lipinski definition) is 4. The van der Waals surface area contributed by atoms with Crippen LogP contribution in [0.4, 0.5) is 0 Å². The molecule has 0 aliphatic rings. The maximum Gasteiger partial charge on any atom is 0.262 e. The predicted molar refractivity (Wildman–Crippen MR) is 115 cm³/mol. The van der Waals surface area contributed by atoms with Gasteiger partial charge in [0.2, 0.25) is 0 Å². The van der Waals surface area contributed by atoms with E-state index in [1.807, 2.05) is 45.0 Å². The lowest BCUT2D eigenvalue weighted by molar-refractivity contribution is -0.117. The summed E-state index contributed by atoms with van der Waals surface area (Å²) in [5.74, 6) is 0.339. The maximum atomic E-state index is 12.1. The van der Waals surface area contributed by atoms with Crippen molar-refractivity contribution >= 4 is 35.2 Å². The van der Waals surface area contributed by atoms with Crippen molar-refractivity contribution < 1.29 is 14.3 Å². The summed E-state index contributed by atoms with van der Waals surface area (Å²) in [6, 6.07) is 12.5. The lowest BCUT2D eigenvalue weighted by Gasteiger charge is -2.15. The topological polar surface area (TPSA) is 71.3 Å². The summed E-state index contributed by atoms with van der Waals surface area (Å²) >= 11 is 12.6. The molecular formula is C22H22Cl2N2O3. The smallest absolute Gasteiger partial charge is 0.262 e. The number of halogens is 2. The molecule has 152 valence electrons. The molecule has 1 amide bonds. The van der Waals surface area contributed by atoms with Gasteiger partial charge in [0.25, 0.3) is 5.91 Å². The van der Waals surface area contributed by atoms with Crippen LogP contribution in [-0.2, 0) is 11.4 Å². The van der Waals surface area contributed by atoms with Gasteiger partial charge in [-0.05, 0) is 50.6 Å². The van der Waals surface area contributed by atoms with E-state index >= 15 is 0 Å². The second-order valence-electron chi connectivity index (χ2n) is 6.44. The Bertz CT molecular complexity index is 950. The van der Waals surface area contributed by atoms with E-state index in [1.54, 1.807) is 18.2 Å². The number of carbonyl (C=O) groups is 1. The van der Waals surface area contributed by atoms with Gasteiger partial charge in [0.1, 0.15) is 18.2 Å². The molecule has 0 heterocycles. The Balaban J connectivity index is 2.34. The Kier molecular flexibility index (Phi) is 8.38. The molecule has 2 rings (SSSR count). The number of rotatable bonds is 8.